The summed E-state index contributed by atoms with van der Waals surface area (Å²) in [6.07, 6.45) is 0.259. The van der Waals surface area contributed by atoms with E-state index in [0.717, 1.165) is 22.3 Å². The minimum Gasteiger partial charge on any atom is -0.350 e. The number of nitrogens with one attached hydrogen (secondary N) is 1. The highest BCUT2D eigenvalue weighted by Crippen LogP contribution is 2.29. The van der Waals surface area contributed by atoms with Crippen LogP contribution in [0.25, 0.3) is 0 Å². The zero-order valence-corrected chi connectivity index (χ0v) is 27.8. The molecule has 7 nitrogen and oxygen atoms in total. The van der Waals surface area contributed by atoms with Crippen LogP contribution >= 0.6 is 0 Å². The van der Waals surface area contributed by atoms with Crippen LogP contribution in [0, 0.1) is 20.8 Å². The molecule has 0 aromatic heterocycles. The minimum atomic E-state index is -4.15. The number of benzene rings is 4. The Kier molecular flexibility index (Phi) is 10.5. The van der Waals surface area contributed by atoms with Crippen molar-refractivity contribution in [1.29, 1.82) is 0 Å². The fourth-order valence-corrected chi connectivity index (χ4v) is 6.69. The summed E-state index contributed by atoms with van der Waals surface area (Å²) in [5, 5.41) is 3.07. The molecule has 0 saturated heterocycles. The number of anilines is 1. The average Bonchev–Trinajstić information content (AvgIpc) is 2.99. The Hall–Kier alpha value is -4.43. The molecule has 0 aliphatic rings. The lowest BCUT2D eigenvalue weighted by Crippen LogP contribution is -2.56. The maximum atomic E-state index is 14.7. The molecule has 45 heavy (non-hydrogen) atoms. The van der Waals surface area contributed by atoms with Crippen molar-refractivity contribution < 1.29 is 18.0 Å². The van der Waals surface area contributed by atoms with E-state index in [9.17, 15) is 18.0 Å². The molecule has 1 atom stereocenters. The maximum Gasteiger partial charge on any atom is 0.264 e. The van der Waals surface area contributed by atoms with Gasteiger partial charge in [0.2, 0.25) is 11.8 Å². The van der Waals surface area contributed by atoms with Crippen LogP contribution in [-0.4, -0.2) is 43.3 Å². The van der Waals surface area contributed by atoms with Crippen molar-refractivity contribution in [2.75, 3.05) is 10.8 Å². The van der Waals surface area contributed by atoms with Crippen LogP contribution in [-0.2, 0) is 32.6 Å². The molecule has 1 N–H and O–H groups in total. The van der Waals surface area contributed by atoms with Gasteiger partial charge < -0.3 is 10.2 Å². The molecular weight excluding hydrogens is 582 g/mol. The molecule has 0 heterocycles. The second kappa shape index (κ2) is 14.1. The maximum absolute atomic E-state index is 14.7. The fraction of sp³-hybridized carbons (Fsp3) is 0.297. The van der Waals surface area contributed by atoms with Crippen LogP contribution in [0.4, 0.5) is 5.69 Å². The molecule has 0 fully saturated rings. The number of hydrogen-bond donors (Lipinski definition) is 1. The number of amides is 2. The lowest BCUT2D eigenvalue weighted by atomic mass is 10.00. The fourth-order valence-electron chi connectivity index (χ4n) is 5.20. The number of hydrogen-bond acceptors (Lipinski definition) is 4. The summed E-state index contributed by atoms with van der Waals surface area (Å²) in [7, 11) is -4.15. The predicted octanol–water partition coefficient (Wildman–Crippen LogP) is 6.36. The Morgan fingerprint density at radius 3 is 2.00 bits per heavy atom. The van der Waals surface area contributed by atoms with Crippen LogP contribution in [0.2, 0.25) is 0 Å². The van der Waals surface area contributed by atoms with Crippen molar-refractivity contribution in [1.82, 2.24) is 10.2 Å². The number of carbonyl (C=O) groups excluding carboxylic acids is 2. The summed E-state index contributed by atoms with van der Waals surface area (Å²) in [4.78, 5) is 30.3. The number of sulfonamides is 1. The second-order valence-electron chi connectivity index (χ2n) is 12.5. The third kappa shape index (κ3) is 8.60. The average molecular weight is 626 g/mol. The van der Waals surface area contributed by atoms with Gasteiger partial charge in [-0.1, -0.05) is 84.9 Å². The first-order valence-corrected chi connectivity index (χ1v) is 16.6. The Balaban J connectivity index is 1.85. The summed E-state index contributed by atoms with van der Waals surface area (Å²) < 4.78 is 29.6. The van der Waals surface area contributed by atoms with Crippen LogP contribution in [0.15, 0.2) is 108 Å². The molecule has 4 rings (SSSR count). The molecular formula is C37H43N3O4S. The van der Waals surface area contributed by atoms with Gasteiger partial charge in [0, 0.05) is 18.5 Å². The summed E-state index contributed by atoms with van der Waals surface area (Å²) in [6.45, 7) is 11.0. The van der Waals surface area contributed by atoms with Gasteiger partial charge in [0.25, 0.3) is 10.0 Å². The normalized spacial score (nSPS) is 12.3. The van der Waals surface area contributed by atoms with Gasteiger partial charge in [0.15, 0.2) is 0 Å². The summed E-state index contributed by atoms with van der Waals surface area (Å²) in [5.41, 5.74) is 4.17. The molecule has 0 aliphatic heterocycles. The van der Waals surface area contributed by atoms with Crippen molar-refractivity contribution in [3.63, 3.8) is 0 Å². The molecule has 2 amide bonds. The smallest absolute Gasteiger partial charge is 0.264 e. The highest BCUT2D eigenvalue weighted by molar-refractivity contribution is 7.92. The summed E-state index contributed by atoms with van der Waals surface area (Å²) >= 11 is 0. The molecule has 0 spiro atoms. The van der Waals surface area contributed by atoms with E-state index in [4.69, 9.17) is 0 Å². The summed E-state index contributed by atoms with van der Waals surface area (Å²) in [5.74, 6) is -0.791. The zero-order valence-electron chi connectivity index (χ0n) is 26.9. The van der Waals surface area contributed by atoms with Gasteiger partial charge in [-0.25, -0.2) is 8.42 Å². The topological polar surface area (TPSA) is 86.8 Å². The highest BCUT2D eigenvalue weighted by Gasteiger charge is 2.36. The van der Waals surface area contributed by atoms with E-state index >= 15 is 0 Å². The number of carbonyl (C=O) groups is 2. The van der Waals surface area contributed by atoms with Gasteiger partial charge in [-0.3, -0.25) is 13.9 Å². The Morgan fingerprint density at radius 2 is 1.38 bits per heavy atom. The van der Waals surface area contributed by atoms with Crippen molar-refractivity contribution in [3.8, 4) is 0 Å². The Bertz CT molecular complexity index is 1730. The van der Waals surface area contributed by atoms with E-state index in [-0.39, 0.29) is 23.8 Å². The van der Waals surface area contributed by atoms with E-state index < -0.39 is 34.1 Å². The largest absolute Gasteiger partial charge is 0.350 e. The molecule has 0 bridgehead atoms. The quantitative estimate of drug-likeness (QED) is 0.210. The second-order valence-corrected chi connectivity index (χ2v) is 14.4. The third-order valence-corrected chi connectivity index (χ3v) is 9.39. The third-order valence-electron chi connectivity index (χ3n) is 7.61. The molecule has 0 radical (unpaired) electrons. The van der Waals surface area contributed by atoms with Gasteiger partial charge in [0.1, 0.15) is 12.6 Å². The van der Waals surface area contributed by atoms with Gasteiger partial charge in [-0.05, 0) is 87.6 Å². The molecule has 0 unspecified atom stereocenters. The number of nitrogens with zero attached hydrogens (tertiary/aromatic N) is 2. The first kappa shape index (κ1) is 33.5. The van der Waals surface area contributed by atoms with Gasteiger partial charge in [-0.2, -0.15) is 0 Å². The predicted molar refractivity (Wildman–Crippen MR) is 180 cm³/mol. The lowest BCUT2D eigenvalue weighted by molar-refractivity contribution is -0.140. The molecule has 4 aromatic rings. The Labute approximate surface area is 268 Å². The Morgan fingerprint density at radius 1 is 0.778 bits per heavy atom. The van der Waals surface area contributed by atoms with Crippen LogP contribution in [0.5, 0.6) is 0 Å². The molecule has 0 saturated carbocycles. The highest BCUT2D eigenvalue weighted by atomic mass is 32.2. The SMILES string of the molecule is Cc1ccc(C)c(N(CC(=O)N(Cc2ccccc2C)[C@@H](Cc2ccccc2)C(=O)NC(C)(C)C)S(=O)(=O)c2ccccc2)c1. The zero-order chi connectivity index (χ0) is 32.8. The lowest BCUT2D eigenvalue weighted by Gasteiger charge is -2.36. The minimum absolute atomic E-state index is 0.0791. The van der Waals surface area contributed by atoms with Crippen molar-refractivity contribution in [2.45, 2.75) is 71.0 Å². The van der Waals surface area contributed by atoms with E-state index in [1.54, 1.807) is 24.3 Å². The van der Waals surface area contributed by atoms with E-state index in [2.05, 4.69) is 5.32 Å². The standard InChI is InChI=1S/C37H43N3O4S/c1-27-21-22-29(3)33(23-27)40(45(43,44)32-19-11-8-12-20-32)26-35(41)39(25-31-18-14-13-15-28(31)2)34(36(42)38-37(4,5)6)24-30-16-9-7-10-17-30/h7-23,34H,24-26H2,1-6H3,(H,38,42)/t34-/m0/s1. The van der Waals surface area contributed by atoms with Crippen LogP contribution in [0.1, 0.15) is 48.6 Å². The van der Waals surface area contributed by atoms with E-state index in [1.807, 2.05) is 108 Å². The van der Waals surface area contributed by atoms with Gasteiger partial charge in [0.05, 0.1) is 10.6 Å². The van der Waals surface area contributed by atoms with Crippen molar-refractivity contribution in [2.24, 2.45) is 0 Å². The first-order chi connectivity index (χ1) is 21.3. The van der Waals surface area contributed by atoms with E-state index in [1.165, 1.54) is 21.3 Å². The van der Waals surface area contributed by atoms with E-state index in [0.29, 0.717) is 11.3 Å². The van der Waals surface area contributed by atoms with Crippen molar-refractivity contribution in [3.05, 3.63) is 131 Å². The number of rotatable bonds is 11. The number of aryl methyl sites for hydroxylation is 3. The van der Waals surface area contributed by atoms with Crippen molar-refractivity contribution >= 4 is 27.5 Å². The molecule has 8 heteroatoms. The van der Waals surface area contributed by atoms with Crippen LogP contribution < -0.4 is 9.62 Å². The first-order valence-electron chi connectivity index (χ1n) is 15.1. The molecule has 0 aliphatic carbocycles. The van der Waals surface area contributed by atoms with Crippen LogP contribution in [0.3, 0.4) is 0 Å². The monoisotopic (exact) mass is 625 g/mol. The molecule has 4 aromatic carbocycles. The summed E-state index contributed by atoms with van der Waals surface area (Å²) in [6, 6.07) is 30.0. The van der Waals surface area contributed by atoms with Gasteiger partial charge in [-0.15, -0.1) is 0 Å². The molecule has 236 valence electrons. The van der Waals surface area contributed by atoms with Gasteiger partial charge >= 0.3 is 0 Å².